The van der Waals surface area contributed by atoms with Gasteiger partial charge >= 0.3 is 0 Å². The monoisotopic (exact) mass is 336 g/mol. The fourth-order valence-corrected chi connectivity index (χ4v) is 2.62. The van der Waals surface area contributed by atoms with Crippen molar-refractivity contribution in [1.29, 1.82) is 5.26 Å². The highest BCUT2D eigenvalue weighted by atomic mass is 16.5. The van der Waals surface area contributed by atoms with Crippen LogP contribution in [0.3, 0.4) is 0 Å². The maximum atomic E-state index is 12.6. The molecule has 5 nitrogen and oxygen atoms in total. The normalized spacial score (nSPS) is 13.0. The molecule has 0 radical (unpaired) electrons. The first-order valence-corrected chi connectivity index (χ1v) is 8.25. The third kappa shape index (κ3) is 4.51. The van der Waals surface area contributed by atoms with E-state index < -0.39 is 0 Å². The van der Waals surface area contributed by atoms with Gasteiger partial charge in [-0.25, -0.2) is 0 Å². The number of methoxy groups -OCH3 is 1. The average Bonchev–Trinajstić information content (AvgIpc) is 3.50. The summed E-state index contributed by atoms with van der Waals surface area (Å²) in [6.07, 6.45) is 2.07. The fraction of sp³-hybridized carbons (Fsp3) is 0.300. The molecule has 25 heavy (non-hydrogen) atoms. The van der Waals surface area contributed by atoms with Gasteiger partial charge in [-0.3, -0.25) is 4.79 Å². The number of nitriles is 1. The summed E-state index contributed by atoms with van der Waals surface area (Å²) in [6.45, 7) is 0.538. The predicted molar refractivity (Wildman–Crippen MR) is 93.2 cm³/mol. The Kier molecular flexibility index (Phi) is 5.20. The molecule has 1 aliphatic carbocycles. The van der Waals surface area contributed by atoms with Gasteiger partial charge in [0.1, 0.15) is 11.5 Å². The molecule has 0 atom stereocenters. The Labute approximate surface area is 147 Å². The molecule has 2 aromatic carbocycles. The van der Waals surface area contributed by atoms with Crippen LogP contribution >= 0.6 is 0 Å². The van der Waals surface area contributed by atoms with E-state index in [1.165, 1.54) is 0 Å². The summed E-state index contributed by atoms with van der Waals surface area (Å²) in [4.78, 5) is 14.5. The van der Waals surface area contributed by atoms with Crippen molar-refractivity contribution in [3.05, 3.63) is 59.7 Å². The van der Waals surface area contributed by atoms with Gasteiger partial charge < -0.3 is 14.4 Å². The first-order valence-electron chi connectivity index (χ1n) is 8.25. The van der Waals surface area contributed by atoms with Crippen molar-refractivity contribution in [3.8, 4) is 17.6 Å². The summed E-state index contributed by atoms with van der Waals surface area (Å²) >= 11 is 0. The summed E-state index contributed by atoms with van der Waals surface area (Å²) in [5.41, 5.74) is 1.58. The number of benzene rings is 2. The molecule has 0 saturated heterocycles. The fourth-order valence-electron chi connectivity index (χ4n) is 2.62. The Morgan fingerprint density at radius 3 is 2.60 bits per heavy atom. The van der Waals surface area contributed by atoms with Gasteiger partial charge in [0, 0.05) is 12.6 Å². The molecular weight excluding hydrogens is 316 g/mol. The lowest BCUT2D eigenvalue weighted by atomic mass is 10.2. The minimum absolute atomic E-state index is 0.0263. The van der Waals surface area contributed by atoms with Crippen molar-refractivity contribution in [2.75, 3.05) is 13.7 Å². The largest absolute Gasteiger partial charge is 0.497 e. The molecule has 0 aliphatic heterocycles. The molecule has 0 aromatic heterocycles. The Morgan fingerprint density at radius 1 is 1.20 bits per heavy atom. The van der Waals surface area contributed by atoms with E-state index in [1.807, 2.05) is 29.2 Å². The first-order chi connectivity index (χ1) is 12.2. The number of nitrogens with zero attached hydrogens (tertiary/aromatic N) is 2. The van der Waals surface area contributed by atoms with Gasteiger partial charge in [0.15, 0.2) is 6.61 Å². The quantitative estimate of drug-likeness (QED) is 0.779. The minimum Gasteiger partial charge on any atom is -0.497 e. The molecule has 1 amide bonds. The summed E-state index contributed by atoms with van der Waals surface area (Å²) in [7, 11) is 1.63. The highest BCUT2D eigenvalue weighted by Crippen LogP contribution is 2.29. The van der Waals surface area contributed by atoms with Crippen LogP contribution in [0.25, 0.3) is 0 Å². The van der Waals surface area contributed by atoms with Gasteiger partial charge in [-0.1, -0.05) is 18.2 Å². The predicted octanol–water partition coefficient (Wildman–Crippen LogP) is 3.14. The SMILES string of the molecule is COc1ccc(CN(C(=O)COc2cccc(C#N)c2)C2CC2)cc1. The van der Waals surface area contributed by atoms with Crippen molar-refractivity contribution in [3.63, 3.8) is 0 Å². The minimum atomic E-state index is -0.0410. The van der Waals surface area contributed by atoms with Gasteiger partial charge in [0.2, 0.25) is 0 Å². The van der Waals surface area contributed by atoms with Crippen LogP contribution in [0.4, 0.5) is 0 Å². The number of rotatable bonds is 7. The first kappa shape index (κ1) is 16.8. The second-order valence-electron chi connectivity index (χ2n) is 6.03. The molecule has 0 spiro atoms. The maximum absolute atomic E-state index is 12.6. The van der Waals surface area contributed by atoms with Crippen molar-refractivity contribution in [1.82, 2.24) is 4.90 Å². The molecule has 2 aromatic rings. The smallest absolute Gasteiger partial charge is 0.261 e. The molecule has 5 heteroatoms. The standard InChI is InChI=1S/C20H20N2O3/c1-24-18-9-5-15(6-10-18)13-22(17-7-8-17)20(23)14-25-19-4-2-3-16(11-19)12-21/h2-6,9-11,17H,7-8,13-14H2,1H3. The van der Waals surface area contributed by atoms with Crippen molar-refractivity contribution in [2.24, 2.45) is 0 Å². The topological polar surface area (TPSA) is 62.6 Å². The number of ether oxygens (including phenoxy) is 2. The molecule has 128 valence electrons. The molecule has 0 unspecified atom stereocenters. The van der Waals surface area contributed by atoms with Crippen LogP contribution in [0.5, 0.6) is 11.5 Å². The van der Waals surface area contributed by atoms with Crippen LogP contribution in [0.1, 0.15) is 24.0 Å². The van der Waals surface area contributed by atoms with E-state index in [2.05, 4.69) is 6.07 Å². The van der Waals surface area contributed by atoms with Gasteiger partial charge in [0.05, 0.1) is 18.7 Å². The third-order valence-electron chi connectivity index (χ3n) is 4.15. The Hall–Kier alpha value is -3.00. The maximum Gasteiger partial charge on any atom is 0.261 e. The molecule has 1 fully saturated rings. The van der Waals surface area contributed by atoms with Crippen molar-refractivity contribution >= 4 is 5.91 Å². The van der Waals surface area contributed by atoms with Gasteiger partial charge in [-0.2, -0.15) is 5.26 Å². The molecule has 0 heterocycles. The summed E-state index contributed by atoms with van der Waals surface area (Å²) in [5.74, 6) is 1.29. The molecule has 0 bridgehead atoms. The average molecular weight is 336 g/mol. The third-order valence-corrected chi connectivity index (χ3v) is 4.15. The van der Waals surface area contributed by atoms with Crippen molar-refractivity contribution < 1.29 is 14.3 Å². The van der Waals surface area contributed by atoms with Crippen LogP contribution in [0.15, 0.2) is 48.5 Å². The van der Waals surface area contributed by atoms with E-state index in [-0.39, 0.29) is 12.5 Å². The zero-order chi connectivity index (χ0) is 17.6. The van der Waals surface area contributed by atoms with Crippen LogP contribution < -0.4 is 9.47 Å². The van der Waals surface area contributed by atoms with E-state index in [9.17, 15) is 4.79 Å². The Morgan fingerprint density at radius 2 is 1.96 bits per heavy atom. The zero-order valence-electron chi connectivity index (χ0n) is 14.1. The lowest BCUT2D eigenvalue weighted by Crippen LogP contribution is -2.36. The molecule has 0 N–H and O–H groups in total. The molecule has 1 aliphatic rings. The number of hydrogen-bond acceptors (Lipinski definition) is 4. The Bertz CT molecular complexity index is 776. The Balaban J connectivity index is 1.61. The summed E-state index contributed by atoms with van der Waals surface area (Å²) < 4.78 is 10.7. The molecular formula is C20H20N2O3. The van der Waals surface area contributed by atoms with E-state index in [0.717, 1.165) is 24.2 Å². The number of carbonyl (C=O) groups excluding carboxylic acids is 1. The lowest BCUT2D eigenvalue weighted by molar-refractivity contribution is -0.134. The van der Waals surface area contributed by atoms with Crippen LogP contribution in [0.2, 0.25) is 0 Å². The van der Waals surface area contributed by atoms with Gasteiger partial charge in [-0.15, -0.1) is 0 Å². The van der Waals surface area contributed by atoms with E-state index >= 15 is 0 Å². The van der Waals surface area contributed by atoms with Crippen LogP contribution in [-0.2, 0) is 11.3 Å². The van der Waals surface area contributed by atoms with E-state index in [0.29, 0.717) is 23.9 Å². The van der Waals surface area contributed by atoms with Gasteiger partial charge in [-0.05, 0) is 48.7 Å². The highest BCUT2D eigenvalue weighted by Gasteiger charge is 2.32. The number of hydrogen-bond donors (Lipinski definition) is 0. The lowest BCUT2D eigenvalue weighted by Gasteiger charge is -2.23. The van der Waals surface area contributed by atoms with Gasteiger partial charge in [0.25, 0.3) is 5.91 Å². The zero-order valence-corrected chi connectivity index (χ0v) is 14.1. The highest BCUT2D eigenvalue weighted by molar-refractivity contribution is 5.78. The second kappa shape index (κ2) is 7.71. The van der Waals surface area contributed by atoms with E-state index in [1.54, 1.807) is 31.4 Å². The molecule has 1 saturated carbocycles. The number of amides is 1. The van der Waals surface area contributed by atoms with E-state index in [4.69, 9.17) is 14.7 Å². The van der Waals surface area contributed by atoms with Crippen LogP contribution in [0, 0.1) is 11.3 Å². The summed E-state index contributed by atoms with van der Waals surface area (Å²) in [5, 5.41) is 8.92. The summed E-state index contributed by atoms with van der Waals surface area (Å²) in [6, 6.07) is 16.9. The second-order valence-corrected chi connectivity index (χ2v) is 6.03. The number of carbonyl (C=O) groups is 1. The van der Waals surface area contributed by atoms with Crippen molar-refractivity contribution in [2.45, 2.75) is 25.4 Å². The molecule has 3 rings (SSSR count). The van der Waals surface area contributed by atoms with Crippen LogP contribution in [-0.4, -0.2) is 30.6 Å².